The Bertz CT molecular complexity index is 1190. The molecule has 27 heavy (non-hydrogen) atoms. The van der Waals surface area contributed by atoms with Crippen molar-refractivity contribution in [2.75, 3.05) is 0 Å². The maximum absolute atomic E-state index is 12.9. The number of benzene rings is 2. The molecule has 0 saturated heterocycles. The van der Waals surface area contributed by atoms with Gasteiger partial charge in [0.05, 0.1) is 16.9 Å². The van der Waals surface area contributed by atoms with Gasteiger partial charge in [0.2, 0.25) is 0 Å². The van der Waals surface area contributed by atoms with Crippen molar-refractivity contribution in [3.8, 4) is 5.75 Å². The summed E-state index contributed by atoms with van der Waals surface area (Å²) in [4.78, 5) is 25.7. The minimum atomic E-state index is -0.477. The van der Waals surface area contributed by atoms with E-state index in [1.807, 2.05) is 42.5 Å². The van der Waals surface area contributed by atoms with Gasteiger partial charge in [0.25, 0.3) is 0 Å². The van der Waals surface area contributed by atoms with E-state index in [1.54, 1.807) is 6.07 Å². The molecule has 0 spiro atoms. The summed E-state index contributed by atoms with van der Waals surface area (Å²) in [5, 5.41) is 0.747. The van der Waals surface area contributed by atoms with Crippen LogP contribution in [0.25, 0.3) is 11.0 Å². The summed E-state index contributed by atoms with van der Waals surface area (Å²) in [6.07, 6.45) is 1.93. The highest BCUT2D eigenvalue weighted by Gasteiger charge is 2.39. The molecule has 0 fully saturated rings. The second kappa shape index (κ2) is 6.20. The molecule has 2 aromatic carbocycles. The average molecular weight is 423 g/mol. The van der Waals surface area contributed by atoms with E-state index < -0.39 is 11.5 Å². The highest BCUT2D eigenvalue weighted by molar-refractivity contribution is 9.10. The van der Waals surface area contributed by atoms with Crippen LogP contribution in [0.4, 0.5) is 0 Å². The zero-order valence-electron chi connectivity index (χ0n) is 14.3. The molecule has 134 valence electrons. The van der Waals surface area contributed by atoms with Gasteiger partial charge < -0.3 is 9.15 Å². The van der Waals surface area contributed by atoms with E-state index >= 15 is 0 Å². The molecule has 4 nitrogen and oxygen atoms in total. The molecule has 2 aliphatic rings. The number of hydrogen-bond donors (Lipinski definition) is 0. The Labute approximate surface area is 163 Å². The normalized spacial score (nSPS) is 18.9. The van der Waals surface area contributed by atoms with Crippen molar-refractivity contribution in [3.63, 3.8) is 0 Å². The lowest BCUT2D eigenvalue weighted by Gasteiger charge is -2.32. The first-order valence-electron chi connectivity index (χ1n) is 8.89. The Morgan fingerprint density at radius 3 is 2.70 bits per heavy atom. The van der Waals surface area contributed by atoms with E-state index in [2.05, 4.69) is 15.9 Å². The monoisotopic (exact) mass is 422 g/mol. The van der Waals surface area contributed by atoms with Crippen molar-refractivity contribution in [2.24, 2.45) is 0 Å². The molecule has 5 heteroatoms. The Balaban J connectivity index is 1.87. The van der Waals surface area contributed by atoms with Crippen LogP contribution >= 0.6 is 15.9 Å². The molecule has 0 radical (unpaired) electrons. The minimum Gasteiger partial charge on any atom is -0.460 e. The number of para-hydroxylation sites is 1. The van der Waals surface area contributed by atoms with Crippen LogP contribution in [0.2, 0.25) is 0 Å². The van der Waals surface area contributed by atoms with E-state index in [9.17, 15) is 9.59 Å². The SMILES string of the molecule is O=C1CCCC2=C1C(c1cccc(Br)c1)c1c(c3ccccc3oc1=O)O2. The van der Waals surface area contributed by atoms with Crippen molar-refractivity contribution in [2.45, 2.75) is 25.2 Å². The number of Topliss-reactive ketones (excluding diaryl/α,β-unsaturated/α-hetero) is 1. The number of allylic oxidation sites excluding steroid dienone is 2. The van der Waals surface area contributed by atoms with Gasteiger partial charge in [-0.1, -0.05) is 40.2 Å². The summed E-state index contributed by atoms with van der Waals surface area (Å²) in [6, 6.07) is 15.1. The van der Waals surface area contributed by atoms with E-state index in [0.717, 1.165) is 21.8 Å². The summed E-state index contributed by atoms with van der Waals surface area (Å²) in [5.41, 5.74) is 1.90. The molecule has 1 unspecified atom stereocenters. The van der Waals surface area contributed by atoms with Crippen molar-refractivity contribution < 1.29 is 13.9 Å². The summed E-state index contributed by atoms with van der Waals surface area (Å²) in [6.45, 7) is 0. The smallest absolute Gasteiger partial charge is 0.344 e. The number of ketones is 1. The van der Waals surface area contributed by atoms with E-state index in [-0.39, 0.29) is 5.78 Å². The molecular weight excluding hydrogens is 408 g/mol. The van der Waals surface area contributed by atoms with Crippen LogP contribution in [0.3, 0.4) is 0 Å². The van der Waals surface area contributed by atoms with Crippen LogP contribution in [-0.2, 0) is 4.79 Å². The maximum Gasteiger partial charge on any atom is 0.344 e. The van der Waals surface area contributed by atoms with Crippen molar-refractivity contribution in [1.29, 1.82) is 0 Å². The summed E-state index contributed by atoms with van der Waals surface area (Å²) < 4.78 is 12.6. The second-order valence-electron chi connectivity index (χ2n) is 6.83. The van der Waals surface area contributed by atoms with Gasteiger partial charge in [0.15, 0.2) is 5.78 Å². The number of carbonyl (C=O) groups is 1. The van der Waals surface area contributed by atoms with Gasteiger partial charge in [-0.3, -0.25) is 4.79 Å². The van der Waals surface area contributed by atoms with Crippen molar-refractivity contribution in [1.82, 2.24) is 0 Å². The summed E-state index contributed by atoms with van der Waals surface area (Å²) in [5.74, 6) is 0.758. The molecule has 1 atom stereocenters. The highest BCUT2D eigenvalue weighted by atomic mass is 79.9. The van der Waals surface area contributed by atoms with Gasteiger partial charge in [-0.25, -0.2) is 4.79 Å². The van der Waals surface area contributed by atoms with Crippen LogP contribution in [0.5, 0.6) is 5.75 Å². The number of ether oxygens (including phenoxy) is 1. The Morgan fingerprint density at radius 1 is 1.00 bits per heavy atom. The van der Waals surface area contributed by atoms with Gasteiger partial charge >= 0.3 is 5.63 Å². The average Bonchev–Trinajstić information content (AvgIpc) is 2.67. The van der Waals surface area contributed by atoms with Crippen LogP contribution in [0.15, 0.2) is 73.5 Å². The molecule has 5 rings (SSSR count). The predicted octanol–water partition coefficient (Wildman–Crippen LogP) is 5.09. The fourth-order valence-corrected chi connectivity index (χ4v) is 4.46. The summed E-state index contributed by atoms with van der Waals surface area (Å²) in [7, 11) is 0. The van der Waals surface area contributed by atoms with Crippen LogP contribution in [0.1, 0.15) is 36.3 Å². The van der Waals surface area contributed by atoms with E-state index in [4.69, 9.17) is 9.15 Å². The molecule has 0 N–H and O–H groups in total. The summed E-state index contributed by atoms with van der Waals surface area (Å²) >= 11 is 3.50. The lowest BCUT2D eigenvalue weighted by molar-refractivity contribution is -0.116. The fourth-order valence-electron chi connectivity index (χ4n) is 4.04. The van der Waals surface area contributed by atoms with Gasteiger partial charge in [0.1, 0.15) is 17.1 Å². The second-order valence-corrected chi connectivity index (χ2v) is 7.75. The highest BCUT2D eigenvalue weighted by Crippen LogP contribution is 2.47. The molecule has 1 aliphatic carbocycles. The van der Waals surface area contributed by atoms with Crippen LogP contribution in [-0.4, -0.2) is 5.78 Å². The Kier molecular flexibility index (Phi) is 3.79. The van der Waals surface area contributed by atoms with Gasteiger partial charge in [-0.15, -0.1) is 0 Å². The number of fused-ring (bicyclic) bond motifs is 3. The van der Waals surface area contributed by atoms with Crippen LogP contribution in [0, 0.1) is 0 Å². The molecule has 0 amide bonds. The van der Waals surface area contributed by atoms with E-state index in [1.165, 1.54) is 0 Å². The number of carbonyl (C=O) groups excluding carboxylic acids is 1. The fraction of sp³-hybridized carbons (Fsp3) is 0.182. The van der Waals surface area contributed by atoms with Gasteiger partial charge in [-0.2, -0.15) is 0 Å². The largest absolute Gasteiger partial charge is 0.460 e. The minimum absolute atomic E-state index is 0.0411. The number of hydrogen-bond acceptors (Lipinski definition) is 4. The van der Waals surface area contributed by atoms with Gasteiger partial charge in [-0.05, 0) is 36.2 Å². The molecular formula is C22H15BrO4. The molecule has 1 aromatic heterocycles. The topological polar surface area (TPSA) is 56.5 Å². The lowest BCUT2D eigenvalue weighted by Crippen LogP contribution is -2.29. The van der Waals surface area contributed by atoms with Crippen LogP contribution < -0.4 is 10.4 Å². The zero-order chi connectivity index (χ0) is 18.5. The molecule has 0 bridgehead atoms. The van der Waals surface area contributed by atoms with E-state index in [0.29, 0.717) is 41.1 Å². The number of rotatable bonds is 1. The third-order valence-corrected chi connectivity index (χ3v) is 5.69. The third kappa shape index (κ3) is 2.57. The zero-order valence-corrected chi connectivity index (χ0v) is 15.9. The first-order chi connectivity index (χ1) is 13.1. The predicted molar refractivity (Wildman–Crippen MR) is 105 cm³/mol. The van der Waals surface area contributed by atoms with Gasteiger partial charge in [0, 0.05) is 22.9 Å². The van der Waals surface area contributed by atoms with Crippen molar-refractivity contribution in [3.05, 3.63) is 85.9 Å². The maximum atomic E-state index is 12.9. The standard InChI is InChI=1S/C22H15BrO4/c23-13-6-3-5-12(11-13)18-19-15(24)8-4-10-17(19)26-21-14-7-1-2-9-16(14)27-22(25)20(18)21/h1-3,5-7,9,11,18H,4,8,10H2. The number of halogens is 1. The Hall–Kier alpha value is -2.66. The third-order valence-electron chi connectivity index (χ3n) is 5.19. The first-order valence-corrected chi connectivity index (χ1v) is 9.68. The first kappa shape index (κ1) is 16.5. The molecule has 2 heterocycles. The molecule has 3 aromatic rings. The lowest BCUT2D eigenvalue weighted by atomic mass is 9.77. The Morgan fingerprint density at radius 2 is 1.85 bits per heavy atom. The van der Waals surface area contributed by atoms with Crippen molar-refractivity contribution >= 4 is 32.7 Å². The quantitative estimate of drug-likeness (QED) is 0.512. The molecule has 0 saturated carbocycles. The molecule has 1 aliphatic heterocycles.